The van der Waals surface area contributed by atoms with Crippen molar-refractivity contribution in [3.8, 4) is 0 Å². The molecule has 0 saturated heterocycles. The molecule has 2 rings (SSSR count). The molecule has 2 aromatic rings. The predicted octanol–water partition coefficient (Wildman–Crippen LogP) is 3.10. The maximum Gasteiger partial charge on any atom is 0.263 e. The summed E-state index contributed by atoms with van der Waals surface area (Å²) in [5.41, 5.74) is 2.16. The van der Waals surface area contributed by atoms with Crippen molar-refractivity contribution in [2.24, 2.45) is 0 Å². The van der Waals surface area contributed by atoms with Gasteiger partial charge in [-0.25, -0.2) is 9.37 Å². The van der Waals surface area contributed by atoms with E-state index in [1.54, 1.807) is 19.4 Å². The molecule has 0 bridgehead atoms. The Morgan fingerprint density at radius 3 is 2.81 bits per heavy atom. The number of aromatic nitrogens is 1. The first-order valence-electron chi connectivity index (χ1n) is 6.24. The second kappa shape index (κ2) is 6.51. The number of hydrogen-bond donors (Lipinski definition) is 2. The molecule has 1 heterocycles. The number of hydrogen-bond acceptors (Lipinski definition) is 4. The monoisotopic (exact) mass is 328 g/mol. The summed E-state index contributed by atoms with van der Waals surface area (Å²) in [6, 6.07) is 3.46. The van der Waals surface area contributed by atoms with Gasteiger partial charge >= 0.3 is 0 Å². The van der Waals surface area contributed by atoms with Gasteiger partial charge < -0.3 is 10.4 Å². The molecule has 0 saturated carbocycles. The standard InChI is InChI=1S/C14H14ClFN2O2S/c1-7(18-14(20)13-8(2)17-6-21-13)12(19)11-9(15)4-3-5-10(11)16/h3-7,12,19H,1-2H3,(H,18,20)/t7-,12-/m1/s1. The molecule has 1 aromatic heterocycles. The molecule has 0 aliphatic heterocycles. The van der Waals surface area contributed by atoms with Gasteiger partial charge in [0.25, 0.3) is 5.91 Å². The lowest BCUT2D eigenvalue weighted by atomic mass is 10.0. The van der Waals surface area contributed by atoms with Crippen LogP contribution in [-0.2, 0) is 0 Å². The van der Waals surface area contributed by atoms with E-state index in [1.807, 2.05) is 0 Å². The second-order valence-electron chi connectivity index (χ2n) is 4.61. The number of rotatable bonds is 4. The Morgan fingerprint density at radius 2 is 2.24 bits per heavy atom. The molecular weight excluding hydrogens is 315 g/mol. The van der Waals surface area contributed by atoms with E-state index in [2.05, 4.69) is 10.3 Å². The molecule has 2 atom stereocenters. The van der Waals surface area contributed by atoms with Crippen molar-refractivity contribution < 1.29 is 14.3 Å². The van der Waals surface area contributed by atoms with Crippen molar-refractivity contribution in [1.82, 2.24) is 10.3 Å². The van der Waals surface area contributed by atoms with Crippen LogP contribution in [0.25, 0.3) is 0 Å². The third-order valence-corrected chi connectivity index (χ3v) is 4.34. The van der Waals surface area contributed by atoms with Crippen molar-refractivity contribution in [2.45, 2.75) is 26.0 Å². The van der Waals surface area contributed by atoms with Crippen LogP contribution in [0.5, 0.6) is 0 Å². The number of aryl methyl sites for hydroxylation is 1. The average Bonchev–Trinajstić information content (AvgIpc) is 2.84. The van der Waals surface area contributed by atoms with E-state index < -0.39 is 18.0 Å². The van der Waals surface area contributed by atoms with Crippen LogP contribution in [0.15, 0.2) is 23.7 Å². The normalized spacial score (nSPS) is 13.8. The van der Waals surface area contributed by atoms with Gasteiger partial charge in [0.05, 0.1) is 17.2 Å². The van der Waals surface area contributed by atoms with Crippen LogP contribution >= 0.6 is 22.9 Å². The number of nitrogens with one attached hydrogen (secondary N) is 1. The number of halogens is 2. The lowest BCUT2D eigenvalue weighted by molar-refractivity contribution is 0.0849. The quantitative estimate of drug-likeness (QED) is 0.906. The highest BCUT2D eigenvalue weighted by molar-refractivity contribution is 7.11. The average molecular weight is 329 g/mol. The number of nitrogens with zero attached hydrogens (tertiary/aromatic N) is 1. The maximum atomic E-state index is 13.8. The van der Waals surface area contributed by atoms with E-state index in [4.69, 9.17) is 11.6 Å². The Kier molecular flexibility index (Phi) is 4.92. The highest BCUT2D eigenvalue weighted by Crippen LogP contribution is 2.28. The minimum absolute atomic E-state index is 0.0204. The summed E-state index contributed by atoms with van der Waals surface area (Å²) in [4.78, 5) is 16.5. The van der Waals surface area contributed by atoms with Crippen molar-refractivity contribution in [3.05, 3.63) is 50.7 Å². The van der Waals surface area contributed by atoms with Gasteiger partial charge in [-0.3, -0.25) is 4.79 Å². The van der Waals surface area contributed by atoms with Crippen molar-refractivity contribution in [1.29, 1.82) is 0 Å². The van der Waals surface area contributed by atoms with E-state index in [0.717, 1.165) is 0 Å². The molecule has 21 heavy (non-hydrogen) atoms. The number of aliphatic hydroxyl groups excluding tert-OH is 1. The molecule has 2 N–H and O–H groups in total. The fourth-order valence-corrected chi connectivity index (χ4v) is 2.89. The van der Waals surface area contributed by atoms with E-state index in [1.165, 1.54) is 29.5 Å². The Morgan fingerprint density at radius 1 is 1.52 bits per heavy atom. The number of carbonyl (C=O) groups is 1. The third-order valence-electron chi connectivity index (χ3n) is 3.08. The fourth-order valence-electron chi connectivity index (χ4n) is 1.91. The van der Waals surface area contributed by atoms with Gasteiger partial charge in [0.2, 0.25) is 0 Å². The van der Waals surface area contributed by atoms with Gasteiger partial charge in [-0.05, 0) is 26.0 Å². The van der Waals surface area contributed by atoms with Crippen LogP contribution in [0.2, 0.25) is 5.02 Å². The van der Waals surface area contributed by atoms with E-state index in [0.29, 0.717) is 10.6 Å². The molecule has 0 unspecified atom stereocenters. The predicted molar refractivity (Wildman–Crippen MR) is 80.1 cm³/mol. The Labute approximate surface area is 130 Å². The van der Waals surface area contributed by atoms with Gasteiger partial charge in [-0.1, -0.05) is 17.7 Å². The van der Waals surface area contributed by atoms with Crippen LogP contribution in [0.1, 0.15) is 34.0 Å². The first kappa shape index (κ1) is 15.9. The van der Waals surface area contributed by atoms with Gasteiger partial charge in [0.1, 0.15) is 16.8 Å². The van der Waals surface area contributed by atoms with Crippen molar-refractivity contribution in [2.75, 3.05) is 0 Å². The van der Waals surface area contributed by atoms with Gasteiger partial charge in [0, 0.05) is 10.6 Å². The Bertz CT molecular complexity index is 642. The van der Waals surface area contributed by atoms with Crippen LogP contribution in [0, 0.1) is 12.7 Å². The van der Waals surface area contributed by atoms with Crippen LogP contribution < -0.4 is 5.32 Å². The lowest BCUT2D eigenvalue weighted by Crippen LogP contribution is -2.37. The zero-order valence-electron chi connectivity index (χ0n) is 11.4. The molecule has 0 radical (unpaired) electrons. The SMILES string of the molecule is Cc1ncsc1C(=O)N[C@H](C)[C@@H](O)c1c(F)cccc1Cl. The van der Waals surface area contributed by atoms with Gasteiger partial charge in [-0.15, -0.1) is 11.3 Å². The van der Waals surface area contributed by atoms with E-state index >= 15 is 0 Å². The Hall–Kier alpha value is -1.50. The minimum Gasteiger partial charge on any atom is -0.386 e. The number of carbonyl (C=O) groups excluding carboxylic acids is 1. The molecule has 0 fully saturated rings. The molecule has 4 nitrogen and oxygen atoms in total. The topological polar surface area (TPSA) is 62.2 Å². The van der Waals surface area contributed by atoms with Crippen LogP contribution in [-0.4, -0.2) is 22.0 Å². The van der Waals surface area contributed by atoms with Crippen LogP contribution in [0.3, 0.4) is 0 Å². The summed E-state index contributed by atoms with van der Waals surface area (Å²) in [6.45, 7) is 3.31. The van der Waals surface area contributed by atoms with E-state index in [-0.39, 0.29) is 16.5 Å². The summed E-state index contributed by atoms with van der Waals surface area (Å²) in [7, 11) is 0. The van der Waals surface area contributed by atoms with Crippen molar-refractivity contribution in [3.63, 3.8) is 0 Å². The number of aliphatic hydroxyl groups is 1. The zero-order chi connectivity index (χ0) is 15.6. The summed E-state index contributed by atoms with van der Waals surface area (Å²) < 4.78 is 13.8. The minimum atomic E-state index is -1.24. The fraction of sp³-hybridized carbons (Fsp3) is 0.286. The number of benzene rings is 1. The highest BCUT2D eigenvalue weighted by atomic mass is 35.5. The first-order chi connectivity index (χ1) is 9.91. The molecule has 0 aliphatic rings. The lowest BCUT2D eigenvalue weighted by Gasteiger charge is -2.21. The molecule has 1 aromatic carbocycles. The molecule has 0 spiro atoms. The summed E-state index contributed by atoms with van der Waals surface area (Å²) in [6.07, 6.45) is -1.24. The van der Waals surface area contributed by atoms with Crippen molar-refractivity contribution >= 4 is 28.8 Å². The molecule has 7 heteroatoms. The highest BCUT2D eigenvalue weighted by Gasteiger charge is 2.25. The van der Waals surface area contributed by atoms with E-state index in [9.17, 15) is 14.3 Å². The molecular formula is C14H14ClFN2O2S. The first-order valence-corrected chi connectivity index (χ1v) is 7.50. The maximum absolute atomic E-state index is 13.8. The van der Waals surface area contributed by atoms with Crippen LogP contribution in [0.4, 0.5) is 4.39 Å². The third kappa shape index (κ3) is 3.40. The largest absolute Gasteiger partial charge is 0.386 e. The van der Waals surface area contributed by atoms with Gasteiger partial charge in [0.15, 0.2) is 0 Å². The van der Waals surface area contributed by atoms with Gasteiger partial charge in [-0.2, -0.15) is 0 Å². The smallest absolute Gasteiger partial charge is 0.263 e. The Balaban J connectivity index is 2.15. The molecule has 112 valence electrons. The molecule has 0 aliphatic carbocycles. The molecule has 1 amide bonds. The number of thiazole rings is 1. The summed E-state index contributed by atoms with van der Waals surface area (Å²) >= 11 is 7.12. The second-order valence-corrected chi connectivity index (χ2v) is 5.87. The number of amides is 1. The summed E-state index contributed by atoms with van der Waals surface area (Å²) in [5, 5.41) is 13.0. The summed E-state index contributed by atoms with van der Waals surface area (Å²) in [5.74, 6) is -0.959. The zero-order valence-corrected chi connectivity index (χ0v) is 13.0.